The van der Waals surface area contributed by atoms with Crippen LogP contribution >= 0.6 is 0 Å². The molecule has 2 aliphatic heterocycles. The highest BCUT2D eigenvalue weighted by molar-refractivity contribution is 4.76. The molecule has 0 amide bonds. The van der Waals surface area contributed by atoms with Gasteiger partial charge < -0.3 is 4.90 Å². The van der Waals surface area contributed by atoms with Crippen molar-refractivity contribution in [3.63, 3.8) is 0 Å². The first-order valence-corrected chi connectivity index (χ1v) is 6.82. The SMILES string of the molecule is C[C@@H](CN1CCCCC1)N1CCCCC1. The van der Waals surface area contributed by atoms with Gasteiger partial charge in [-0.1, -0.05) is 12.8 Å². The summed E-state index contributed by atoms with van der Waals surface area (Å²) in [5.41, 5.74) is 0. The predicted molar refractivity (Wildman–Crippen MR) is 65.2 cm³/mol. The molecule has 1 atom stereocenters. The minimum absolute atomic E-state index is 0.781. The van der Waals surface area contributed by atoms with Crippen LogP contribution in [0, 0.1) is 0 Å². The maximum atomic E-state index is 2.69. The molecule has 0 unspecified atom stereocenters. The fourth-order valence-corrected chi connectivity index (χ4v) is 2.99. The molecule has 0 radical (unpaired) electrons. The smallest absolute Gasteiger partial charge is 0.0194 e. The number of nitrogens with zero attached hydrogens (tertiary/aromatic N) is 2. The van der Waals surface area contributed by atoms with Gasteiger partial charge in [-0.2, -0.15) is 0 Å². The van der Waals surface area contributed by atoms with E-state index in [1.807, 2.05) is 0 Å². The van der Waals surface area contributed by atoms with Crippen molar-refractivity contribution >= 4 is 0 Å². The van der Waals surface area contributed by atoms with Gasteiger partial charge in [-0.15, -0.1) is 0 Å². The summed E-state index contributed by atoms with van der Waals surface area (Å²) in [5, 5.41) is 0. The maximum Gasteiger partial charge on any atom is 0.0194 e. The first-order valence-electron chi connectivity index (χ1n) is 6.82. The second-order valence-corrected chi connectivity index (χ2v) is 5.31. The molecule has 0 N–H and O–H groups in total. The molecule has 88 valence electrons. The lowest BCUT2D eigenvalue weighted by Gasteiger charge is -2.36. The number of likely N-dealkylation sites (tertiary alicyclic amines) is 2. The molecule has 0 saturated carbocycles. The number of piperidine rings is 2. The van der Waals surface area contributed by atoms with Crippen LogP contribution in [0.3, 0.4) is 0 Å². The van der Waals surface area contributed by atoms with Gasteiger partial charge in [0.1, 0.15) is 0 Å². The molecule has 0 aliphatic carbocycles. The summed E-state index contributed by atoms with van der Waals surface area (Å²) in [5.74, 6) is 0. The van der Waals surface area contributed by atoms with Gasteiger partial charge in [0.25, 0.3) is 0 Å². The van der Waals surface area contributed by atoms with Crippen molar-refractivity contribution < 1.29 is 0 Å². The monoisotopic (exact) mass is 210 g/mol. The third kappa shape index (κ3) is 3.46. The Bertz CT molecular complexity index is 169. The molecule has 2 aliphatic rings. The molecule has 0 aromatic carbocycles. The number of hydrogen-bond acceptors (Lipinski definition) is 2. The molecule has 0 aromatic heterocycles. The van der Waals surface area contributed by atoms with Gasteiger partial charge >= 0.3 is 0 Å². The molecule has 2 saturated heterocycles. The van der Waals surface area contributed by atoms with Crippen LogP contribution in [-0.4, -0.2) is 48.6 Å². The molecule has 0 spiro atoms. The van der Waals surface area contributed by atoms with E-state index in [2.05, 4.69) is 16.7 Å². The van der Waals surface area contributed by atoms with Crippen LogP contribution < -0.4 is 0 Å². The van der Waals surface area contributed by atoms with E-state index in [-0.39, 0.29) is 0 Å². The van der Waals surface area contributed by atoms with Crippen molar-refractivity contribution in [1.29, 1.82) is 0 Å². The summed E-state index contributed by atoms with van der Waals surface area (Å²) in [7, 11) is 0. The normalized spacial score (nSPS) is 27.8. The fraction of sp³-hybridized carbons (Fsp3) is 1.00. The van der Waals surface area contributed by atoms with Gasteiger partial charge in [-0.05, 0) is 58.8 Å². The standard InChI is InChI=1S/C13H26N2/c1-13(15-10-6-3-7-11-15)12-14-8-4-2-5-9-14/h13H,2-12H2,1H3/t13-/m0/s1. The second kappa shape index (κ2) is 5.86. The third-order valence-corrected chi connectivity index (χ3v) is 3.99. The Morgan fingerprint density at radius 3 is 1.93 bits per heavy atom. The molecular formula is C13H26N2. The Kier molecular flexibility index (Phi) is 4.45. The fourth-order valence-electron chi connectivity index (χ4n) is 2.99. The van der Waals surface area contributed by atoms with Crippen molar-refractivity contribution in [3.8, 4) is 0 Å². The van der Waals surface area contributed by atoms with Crippen LogP contribution in [0.1, 0.15) is 45.4 Å². The molecule has 2 nitrogen and oxygen atoms in total. The molecule has 0 aromatic rings. The van der Waals surface area contributed by atoms with Gasteiger partial charge in [-0.3, -0.25) is 4.90 Å². The van der Waals surface area contributed by atoms with Crippen molar-refractivity contribution in [1.82, 2.24) is 9.80 Å². The molecule has 2 fully saturated rings. The summed E-state index contributed by atoms with van der Waals surface area (Å²) in [4.78, 5) is 5.36. The van der Waals surface area contributed by atoms with E-state index in [4.69, 9.17) is 0 Å². The van der Waals surface area contributed by atoms with E-state index in [0.717, 1.165) is 6.04 Å². The Balaban J connectivity index is 1.72. The van der Waals surface area contributed by atoms with Gasteiger partial charge in [0, 0.05) is 12.6 Å². The molecular weight excluding hydrogens is 184 g/mol. The third-order valence-electron chi connectivity index (χ3n) is 3.99. The van der Waals surface area contributed by atoms with Crippen molar-refractivity contribution in [3.05, 3.63) is 0 Å². The van der Waals surface area contributed by atoms with Gasteiger partial charge in [0.15, 0.2) is 0 Å². The lowest BCUT2D eigenvalue weighted by Crippen LogP contribution is -2.45. The topological polar surface area (TPSA) is 6.48 Å². The quantitative estimate of drug-likeness (QED) is 0.705. The molecule has 2 heterocycles. The zero-order valence-electron chi connectivity index (χ0n) is 10.2. The zero-order valence-corrected chi connectivity index (χ0v) is 10.2. The largest absolute Gasteiger partial charge is 0.302 e. The highest BCUT2D eigenvalue weighted by Crippen LogP contribution is 2.15. The molecule has 2 rings (SSSR count). The van der Waals surface area contributed by atoms with Gasteiger partial charge in [-0.25, -0.2) is 0 Å². The average Bonchev–Trinajstić information content (AvgIpc) is 2.31. The van der Waals surface area contributed by atoms with Crippen molar-refractivity contribution in [2.45, 2.75) is 51.5 Å². The van der Waals surface area contributed by atoms with E-state index in [0.29, 0.717) is 0 Å². The van der Waals surface area contributed by atoms with Crippen LogP contribution in [-0.2, 0) is 0 Å². The minimum atomic E-state index is 0.781. The van der Waals surface area contributed by atoms with E-state index in [1.165, 1.54) is 71.2 Å². The zero-order chi connectivity index (χ0) is 10.5. The summed E-state index contributed by atoms with van der Waals surface area (Å²) >= 11 is 0. The number of rotatable bonds is 3. The van der Waals surface area contributed by atoms with Gasteiger partial charge in [0.2, 0.25) is 0 Å². The van der Waals surface area contributed by atoms with Crippen LogP contribution in [0.15, 0.2) is 0 Å². The van der Waals surface area contributed by atoms with Crippen LogP contribution in [0.2, 0.25) is 0 Å². The summed E-state index contributed by atoms with van der Waals surface area (Å²) in [6.45, 7) is 9.10. The van der Waals surface area contributed by atoms with Crippen molar-refractivity contribution in [2.24, 2.45) is 0 Å². The molecule has 15 heavy (non-hydrogen) atoms. The first kappa shape index (κ1) is 11.4. The predicted octanol–water partition coefficient (Wildman–Crippen LogP) is 2.35. The highest BCUT2D eigenvalue weighted by Gasteiger charge is 2.19. The average molecular weight is 210 g/mol. The van der Waals surface area contributed by atoms with Gasteiger partial charge in [0.05, 0.1) is 0 Å². The van der Waals surface area contributed by atoms with Crippen molar-refractivity contribution in [2.75, 3.05) is 32.7 Å². The lowest BCUT2D eigenvalue weighted by molar-refractivity contribution is 0.117. The first-order chi connectivity index (χ1) is 7.36. The lowest BCUT2D eigenvalue weighted by atomic mass is 10.1. The Morgan fingerprint density at radius 2 is 1.33 bits per heavy atom. The summed E-state index contributed by atoms with van der Waals surface area (Å²) in [6, 6.07) is 0.781. The Labute approximate surface area is 94.6 Å². The second-order valence-electron chi connectivity index (χ2n) is 5.31. The minimum Gasteiger partial charge on any atom is -0.302 e. The summed E-state index contributed by atoms with van der Waals surface area (Å²) in [6.07, 6.45) is 8.59. The Morgan fingerprint density at radius 1 is 0.800 bits per heavy atom. The summed E-state index contributed by atoms with van der Waals surface area (Å²) < 4.78 is 0. The molecule has 0 bridgehead atoms. The van der Waals surface area contributed by atoms with E-state index in [9.17, 15) is 0 Å². The van der Waals surface area contributed by atoms with E-state index in [1.54, 1.807) is 0 Å². The Hall–Kier alpha value is -0.0800. The van der Waals surface area contributed by atoms with Crippen LogP contribution in [0.25, 0.3) is 0 Å². The number of hydrogen-bond donors (Lipinski definition) is 0. The van der Waals surface area contributed by atoms with E-state index >= 15 is 0 Å². The highest BCUT2D eigenvalue weighted by atomic mass is 15.2. The van der Waals surface area contributed by atoms with Crippen LogP contribution in [0.4, 0.5) is 0 Å². The van der Waals surface area contributed by atoms with Crippen LogP contribution in [0.5, 0.6) is 0 Å². The van der Waals surface area contributed by atoms with E-state index < -0.39 is 0 Å². The maximum absolute atomic E-state index is 2.69. The molecule has 2 heteroatoms.